The molecule has 146 valence electrons. The molecule has 2 heterocycles. The Labute approximate surface area is 168 Å². The van der Waals surface area contributed by atoms with Crippen LogP contribution in [0.1, 0.15) is 10.6 Å². The molecule has 1 amide bonds. The number of benzene rings is 2. The topological polar surface area (TPSA) is 118 Å². The molecule has 0 aliphatic heterocycles. The minimum atomic E-state index is -3.79. The van der Waals surface area contributed by atoms with Crippen LogP contribution < -0.4 is 15.7 Å². The van der Waals surface area contributed by atoms with E-state index in [-0.39, 0.29) is 15.8 Å². The number of rotatable bonds is 5. The number of hydrogen-bond donors (Lipinski definition) is 2. The van der Waals surface area contributed by atoms with Crippen molar-refractivity contribution in [1.29, 1.82) is 0 Å². The normalized spacial score (nSPS) is 11.3. The number of nitrogens with zero attached hydrogens (tertiary/aromatic N) is 1. The zero-order chi connectivity index (χ0) is 20.4. The van der Waals surface area contributed by atoms with Gasteiger partial charge in [-0.25, -0.2) is 18.2 Å². The van der Waals surface area contributed by atoms with Crippen molar-refractivity contribution in [1.82, 2.24) is 4.98 Å². The first-order valence-corrected chi connectivity index (χ1v) is 10.7. The van der Waals surface area contributed by atoms with E-state index in [1.165, 1.54) is 36.5 Å². The summed E-state index contributed by atoms with van der Waals surface area (Å²) in [4.78, 5) is 28.3. The molecule has 0 unspecified atom stereocenters. The van der Waals surface area contributed by atoms with Crippen molar-refractivity contribution in [2.24, 2.45) is 0 Å². The fourth-order valence-corrected chi connectivity index (χ4v) is 4.39. The summed E-state index contributed by atoms with van der Waals surface area (Å²) < 4.78 is 32.1. The lowest BCUT2D eigenvalue weighted by molar-refractivity contribution is 0.0993. The lowest BCUT2D eigenvalue weighted by Crippen LogP contribution is -2.15. The van der Waals surface area contributed by atoms with Gasteiger partial charge in [0.05, 0.1) is 10.3 Å². The molecule has 0 aliphatic rings. The van der Waals surface area contributed by atoms with E-state index in [2.05, 4.69) is 15.0 Å². The molecular formula is C19H13N3O5S2. The van der Waals surface area contributed by atoms with Crippen LogP contribution in [-0.4, -0.2) is 19.3 Å². The summed E-state index contributed by atoms with van der Waals surface area (Å²) in [5, 5.41) is 5.46. The van der Waals surface area contributed by atoms with E-state index in [1.807, 2.05) is 0 Å². The molecule has 2 N–H and O–H groups in total. The Balaban J connectivity index is 1.53. The Bertz CT molecular complexity index is 1340. The highest BCUT2D eigenvalue weighted by atomic mass is 32.2. The van der Waals surface area contributed by atoms with E-state index in [1.54, 1.807) is 29.6 Å². The molecule has 0 aliphatic carbocycles. The summed E-state index contributed by atoms with van der Waals surface area (Å²) in [6.07, 6.45) is 1.49. The third-order valence-electron chi connectivity index (χ3n) is 3.97. The number of sulfonamides is 1. The summed E-state index contributed by atoms with van der Waals surface area (Å²) in [6.45, 7) is 0. The first-order valence-electron chi connectivity index (χ1n) is 8.29. The monoisotopic (exact) mass is 427 g/mol. The van der Waals surface area contributed by atoms with Gasteiger partial charge in [0.1, 0.15) is 0 Å². The van der Waals surface area contributed by atoms with E-state index < -0.39 is 21.6 Å². The van der Waals surface area contributed by atoms with E-state index in [0.717, 1.165) is 11.3 Å². The van der Waals surface area contributed by atoms with Crippen molar-refractivity contribution >= 4 is 48.9 Å². The third kappa shape index (κ3) is 4.03. The molecule has 4 aromatic rings. The molecule has 8 nitrogen and oxygen atoms in total. The molecule has 0 spiro atoms. The van der Waals surface area contributed by atoms with Crippen molar-refractivity contribution in [3.05, 3.63) is 82.4 Å². The predicted molar refractivity (Wildman–Crippen MR) is 110 cm³/mol. The number of thiazole rings is 1. The van der Waals surface area contributed by atoms with Gasteiger partial charge >= 0.3 is 5.63 Å². The van der Waals surface area contributed by atoms with Gasteiger partial charge in [0.15, 0.2) is 10.9 Å². The van der Waals surface area contributed by atoms with E-state index >= 15 is 0 Å². The highest BCUT2D eigenvalue weighted by molar-refractivity contribution is 7.93. The third-order valence-corrected chi connectivity index (χ3v) is 6.14. The minimum Gasteiger partial charge on any atom is -0.417 e. The quantitative estimate of drug-likeness (QED) is 0.504. The van der Waals surface area contributed by atoms with Gasteiger partial charge in [-0.2, -0.15) is 0 Å². The molecule has 0 bridgehead atoms. The van der Waals surface area contributed by atoms with E-state index in [9.17, 15) is 18.0 Å². The second-order valence-electron chi connectivity index (χ2n) is 5.91. The molecule has 2 aromatic heterocycles. The van der Waals surface area contributed by atoms with Crippen LogP contribution in [0.2, 0.25) is 0 Å². The van der Waals surface area contributed by atoms with E-state index in [4.69, 9.17) is 4.42 Å². The molecule has 0 saturated carbocycles. The number of fused-ring (bicyclic) bond motifs is 1. The Morgan fingerprint density at radius 3 is 2.55 bits per heavy atom. The van der Waals surface area contributed by atoms with Crippen LogP contribution in [0.3, 0.4) is 0 Å². The van der Waals surface area contributed by atoms with Gasteiger partial charge in [0.2, 0.25) is 0 Å². The van der Waals surface area contributed by atoms with Gasteiger partial charge in [0, 0.05) is 17.3 Å². The number of nitrogens with one attached hydrogen (secondary N) is 2. The second-order valence-corrected chi connectivity index (χ2v) is 8.48. The largest absolute Gasteiger partial charge is 0.417 e. The van der Waals surface area contributed by atoms with Gasteiger partial charge in [-0.3, -0.25) is 9.52 Å². The smallest absolute Gasteiger partial charge is 0.344 e. The number of hydrogen-bond acceptors (Lipinski definition) is 7. The molecular weight excluding hydrogens is 414 g/mol. The van der Waals surface area contributed by atoms with Gasteiger partial charge in [-0.05, 0) is 41.8 Å². The molecule has 10 heteroatoms. The first-order chi connectivity index (χ1) is 13.9. The van der Waals surface area contributed by atoms with Crippen molar-refractivity contribution in [2.45, 2.75) is 4.90 Å². The Morgan fingerprint density at radius 1 is 1.07 bits per heavy atom. The van der Waals surface area contributed by atoms with Crippen LogP contribution >= 0.6 is 11.3 Å². The average Bonchev–Trinajstić information content (AvgIpc) is 3.20. The Hall–Kier alpha value is -3.50. The molecule has 0 radical (unpaired) electrons. The maximum absolute atomic E-state index is 12.4. The van der Waals surface area contributed by atoms with Crippen LogP contribution in [0.15, 0.2) is 80.3 Å². The highest BCUT2D eigenvalue weighted by Crippen LogP contribution is 2.20. The molecule has 29 heavy (non-hydrogen) atoms. The van der Waals surface area contributed by atoms with Crippen LogP contribution in [0.5, 0.6) is 0 Å². The fourth-order valence-electron chi connectivity index (χ4n) is 2.60. The summed E-state index contributed by atoms with van der Waals surface area (Å²) >= 11 is 1.16. The predicted octanol–water partition coefficient (Wildman–Crippen LogP) is 3.30. The molecule has 0 saturated heterocycles. The summed E-state index contributed by atoms with van der Waals surface area (Å²) in [6, 6.07) is 13.8. The van der Waals surface area contributed by atoms with Crippen LogP contribution in [0.4, 0.5) is 10.8 Å². The van der Waals surface area contributed by atoms with Crippen molar-refractivity contribution in [3.8, 4) is 0 Å². The number of carbonyl (C=O) groups is 1. The van der Waals surface area contributed by atoms with Crippen LogP contribution in [0, 0.1) is 0 Å². The maximum atomic E-state index is 12.4. The first kappa shape index (κ1) is 18.8. The number of amides is 1. The lowest BCUT2D eigenvalue weighted by Gasteiger charge is -2.08. The number of anilines is 2. The minimum absolute atomic E-state index is 0.0166. The second kappa shape index (κ2) is 7.49. The van der Waals surface area contributed by atoms with Gasteiger partial charge < -0.3 is 9.73 Å². The van der Waals surface area contributed by atoms with Gasteiger partial charge in [0.25, 0.3) is 15.9 Å². The standard InChI is InChI=1S/C19H13N3O5S2/c23-17(16-11-12-3-1-2-4-15(12)18(24)27-16)21-13-5-7-14(8-6-13)29(25,26)22-19-20-9-10-28-19/h1-11H,(H,20,22)(H,21,23). The highest BCUT2D eigenvalue weighted by Gasteiger charge is 2.16. The lowest BCUT2D eigenvalue weighted by atomic mass is 10.1. The number of aromatic nitrogens is 1. The van der Waals surface area contributed by atoms with Gasteiger partial charge in [-0.1, -0.05) is 18.2 Å². The van der Waals surface area contributed by atoms with Crippen LogP contribution in [-0.2, 0) is 10.0 Å². The SMILES string of the molecule is O=C(Nc1ccc(S(=O)(=O)Nc2nccs2)cc1)c1cc2ccccc2c(=O)o1. The Morgan fingerprint density at radius 2 is 1.83 bits per heavy atom. The molecule has 0 atom stereocenters. The zero-order valence-electron chi connectivity index (χ0n) is 14.7. The fraction of sp³-hybridized carbons (Fsp3) is 0. The molecule has 4 rings (SSSR count). The van der Waals surface area contributed by atoms with E-state index in [0.29, 0.717) is 16.5 Å². The van der Waals surface area contributed by atoms with Crippen molar-refractivity contribution in [3.63, 3.8) is 0 Å². The van der Waals surface area contributed by atoms with Crippen molar-refractivity contribution in [2.75, 3.05) is 10.0 Å². The zero-order valence-corrected chi connectivity index (χ0v) is 16.3. The summed E-state index contributed by atoms with van der Waals surface area (Å²) in [5.41, 5.74) is -0.262. The van der Waals surface area contributed by atoms with Crippen LogP contribution in [0.25, 0.3) is 10.8 Å². The van der Waals surface area contributed by atoms with Crippen molar-refractivity contribution < 1.29 is 17.6 Å². The Kier molecular flexibility index (Phi) is 4.87. The maximum Gasteiger partial charge on any atom is 0.344 e. The van der Waals surface area contributed by atoms with Gasteiger partial charge in [-0.15, -0.1) is 11.3 Å². The molecule has 2 aromatic carbocycles. The average molecular weight is 427 g/mol. The number of carbonyl (C=O) groups excluding carboxylic acids is 1. The summed E-state index contributed by atoms with van der Waals surface area (Å²) in [7, 11) is -3.79. The molecule has 0 fully saturated rings. The summed E-state index contributed by atoms with van der Waals surface area (Å²) in [5.74, 6) is -0.764.